The number of hydrogen-bond acceptors (Lipinski definition) is 4. The van der Waals surface area contributed by atoms with Crippen molar-refractivity contribution in [2.45, 2.75) is 6.42 Å². The second kappa shape index (κ2) is 8.05. The summed E-state index contributed by atoms with van der Waals surface area (Å²) in [6, 6.07) is 14.0. The highest BCUT2D eigenvalue weighted by molar-refractivity contribution is 5.92. The van der Waals surface area contributed by atoms with Crippen molar-refractivity contribution in [1.82, 2.24) is 5.32 Å². The van der Waals surface area contributed by atoms with E-state index in [9.17, 15) is 9.90 Å². The molecule has 2 aromatic rings. The molecule has 1 amide bonds. The minimum atomic E-state index is -0.442. The van der Waals surface area contributed by atoms with Gasteiger partial charge in [-0.2, -0.15) is 0 Å². The molecule has 5 heteroatoms. The summed E-state index contributed by atoms with van der Waals surface area (Å²) in [6.45, 7) is 2.12. The van der Waals surface area contributed by atoms with Crippen LogP contribution in [0.2, 0.25) is 0 Å². The first-order valence-corrected chi connectivity index (χ1v) is 7.16. The van der Waals surface area contributed by atoms with Crippen LogP contribution in [-0.2, 0) is 6.42 Å². The second-order valence-electron chi connectivity index (χ2n) is 4.90. The van der Waals surface area contributed by atoms with Gasteiger partial charge >= 0.3 is 0 Å². The van der Waals surface area contributed by atoms with Gasteiger partial charge in [0.15, 0.2) is 0 Å². The van der Waals surface area contributed by atoms with Crippen LogP contribution in [0.5, 0.6) is 11.5 Å². The lowest BCUT2D eigenvalue weighted by atomic mass is 10.1. The number of carbonyl (C=O) groups is 1. The number of amides is 1. The molecule has 5 nitrogen and oxygen atoms in total. The predicted molar refractivity (Wildman–Crippen MR) is 85.1 cm³/mol. The summed E-state index contributed by atoms with van der Waals surface area (Å²) in [5.74, 6) is 0.556. The Morgan fingerprint density at radius 1 is 1.05 bits per heavy atom. The molecule has 0 unspecified atom stereocenters. The molecular formula is C17H20N2O3. The third-order valence-electron chi connectivity index (χ3n) is 3.21. The average molecular weight is 300 g/mol. The molecule has 0 atom stereocenters. The van der Waals surface area contributed by atoms with Crippen LogP contribution in [-0.4, -0.2) is 30.7 Å². The van der Waals surface area contributed by atoms with Crippen molar-refractivity contribution < 1.29 is 14.6 Å². The number of nitrogens with two attached hydrogens (primary N) is 1. The van der Waals surface area contributed by atoms with Crippen LogP contribution in [0.4, 0.5) is 0 Å². The molecule has 0 aromatic heterocycles. The van der Waals surface area contributed by atoms with E-state index in [4.69, 9.17) is 10.5 Å². The first kappa shape index (κ1) is 15.9. The number of phenolic OH excluding ortho intramolecular Hbond substituents is 1. The Hall–Kier alpha value is -2.53. The Morgan fingerprint density at radius 3 is 2.36 bits per heavy atom. The van der Waals surface area contributed by atoms with Crippen LogP contribution in [0.3, 0.4) is 0 Å². The number of rotatable bonds is 8. The maximum Gasteiger partial charge on any atom is 0.248 e. The van der Waals surface area contributed by atoms with Crippen molar-refractivity contribution in [2.24, 2.45) is 5.73 Å². The molecule has 0 saturated heterocycles. The Labute approximate surface area is 129 Å². The molecule has 0 fully saturated rings. The van der Waals surface area contributed by atoms with Crippen molar-refractivity contribution in [3.63, 3.8) is 0 Å². The first-order chi connectivity index (χ1) is 10.6. The number of phenols is 1. The van der Waals surface area contributed by atoms with E-state index >= 15 is 0 Å². The molecule has 0 aliphatic rings. The topological polar surface area (TPSA) is 84.6 Å². The summed E-state index contributed by atoms with van der Waals surface area (Å²) in [6.07, 6.45) is 0.896. The van der Waals surface area contributed by atoms with Gasteiger partial charge in [-0.05, 0) is 54.9 Å². The maximum absolute atomic E-state index is 10.9. The molecule has 0 aliphatic carbocycles. The third-order valence-corrected chi connectivity index (χ3v) is 3.21. The number of ether oxygens (including phenoxy) is 1. The number of benzene rings is 2. The van der Waals surface area contributed by atoms with E-state index < -0.39 is 5.91 Å². The van der Waals surface area contributed by atoms with Gasteiger partial charge in [0.2, 0.25) is 5.91 Å². The minimum absolute atomic E-state index is 0.285. The molecule has 0 radical (unpaired) electrons. The molecule has 2 rings (SSSR count). The summed E-state index contributed by atoms with van der Waals surface area (Å²) in [5.41, 5.74) is 6.82. The van der Waals surface area contributed by atoms with Crippen molar-refractivity contribution in [2.75, 3.05) is 19.7 Å². The highest BCUT2D eigenvalue weighted by atomic mass is 16.5. The van der Waals surface area contributed by atoms with Gasteiger partial charge in [0.05, 0.1) is 0 Å². The Morgan fingerprint density at radius 2 is 1.73 bits per heavy atom. The number of primary amides is 1. The zero-order chi connectivity index (χ0) is 15.8. The second-order valence-corrected chi connectivity index (χ2v) is 4.90. The van der Waals surface area contributed by atoms with Crippen LogP contribution >= 0.6 is 0 Å². The van der Waals surface area contributed by atoms with Crippen LogP contribution in [0.25, 0.3) is 0 Å². The zero-order valence-corrected chi connectivity index (χ0v) is 12.3. The van der Waals surface area contributed by atoms with Crippen molar-refractivity contribution in [3.8, 4) is 11.5 Å². The molecule has 0 heterocycles. The standard InChI is InChI=1S/C17H20N2O3/c18-17(21)14-3-7-16(8-4-14)22-12-11-19-10-9-13-1-5-15(20)6-2-13/h1-8,19-20H,9-12H2,(H2,18,21). The van der Waals surface area contributed by atoms with Crippen molar-refractivity contribution >= 4 is 5.91 Å². The fraction of sp³-hybridized carbons (Fsp3) is 0.235. The van der Waals surface area contributed by atoms with Gasteiger partial charge < -0.3 is 20.9 Å². The zero-order valence-electron chi connectivity index (χ0n) is 12.3. The van der Waals surface area contributed by atoms with Gasteiger partial charge in [-0.25, -0.2) is 0 Å². The Balaban J connectivity index is 1.61. The molecule has 22 heavy (non-hydrogen) atoms. The fourth-order valence-corrected chi connectivity index (χ4v) is 1.98. The summed E-state index contributed by atoms with van der Waals surface area (Å²) in [5, 5.41) is 12.5. The first-order valence-electron chi connectivity index (χ1n) is 7.16. The van der Waals surface area contributed by atoms with E-state index in [-0.39, 0.29) is 5.75 Å². The lowest BCUT2D eigenvalue weighted by Gasteiger charge is -2.08. The molecule has 0 bridgehead atoms. The summed E-state index contributed by atoms with van der Waals surface area (Å²) in [7, 11) is 0. The van der Waals surface area contributed by atoms with Crippen molar-refractivity contribution in [3.05, 3.63) is 59.7 Å². The number of aromatic hydroxyl groups is 1. The smallest absolute Gasteiger partial charge is 0.248 e. The Kier molecular flexibility index (Phi) is 5.80. The van der Waals surface area contributed by atoms with Gasteiger partial charge in [-0.1, -0.05) is 12.1 Å². The van der Waals surface area contributed by atoms with E-state index in [2.05, 4.69) is 5.32 Å². The molecule has 0 saturated carbocycles. The monoisotopic (exact) mass is 300 g/mol. The van der Waals surface area contributed by atoms with Crippen LogP contribution in [0.15, 0.2) is 48.5 Å². The highest BCUT2D eigenvalue weighted by Gasteiger charge is 2.00. The predicted octanol–water partition coefficient (Wildman–Crippen LogP) is 1.70. The average Bonchev–Trinajstić information content (AvgIpc) is 2.53. The minimum Gasteiger partial charge on any atom is -0.508 e. The quantitative estimate of drug-likeness (QED) is 0.648. The lowest BCUT2D eigenvalue weighted by molar-refractivity contribution is 0.100. The summed E-state index contributed by atoms with van der Waals surface area (Å²) < 4.78 is 5.56. The normalized spacial score (nSPS) is 10.4. The molecule has 4 N–H and O–H groups in total. The van der Waals surface area contributed by atoms with E-state index in [1.807, 2.05) is 12.1 Å². The molecule has 0 spiro atoms. The van der Waals surface area contributed by atoms with Crippen LogP contribution in [0.1, 0.15) is 15.9 Å². The van der Waals surface area contributed by atoms with Crippen LogP contribution < -0.4 is 15.8 Å². The molecular weight excluding hydrogens is 280 g/mol. The van der Waals surface area contributed by atoms with Crippen LogP contribution in [0, 0.1) is 0 Å². The molecule has 116 valence electrons. The summed E-state index contributed by atoms with van der Waals surface area (Å²) >= 11 is 0. The fourth-order valence-electron chi connectivity index (χ4n) is 1.98. The van der Waals surface area contributed by atoms with E-state index in [0.717, 1.165) is 19.5 Å². The van der Waals surface area contributed by atoms with E-state index in [1.54, 1.807) is 36.4 Å². The Bertz CT molecular complexity index is 594. The summed E-state index contributed by atoms with van der Waals surface area (Å²) in [4.78, 5) is 10.9. The number of nitrogens with one attached hydrogen (secondary N) is 1. The molecule has 0 aliphatic heterocycles. The largest absolute Gasteiger partial charge is 0.508 e. The van der Waals surface area contributed by atoms with Gasteiger partial charge in [-0.15, -0.1) is 0 Å². The van der Waals surface area contributed by atoms with Gasteiger partial charge in [-0.3, -0.25) is 4.79 Å². The van der Waals surface area contributed by atoms with E-state index in [1.165, 1.54) is 5.56 Å². The SMILES string of the molecule is NC(=O)c1ccc(OCCNCCc2ccc(O)cc2)cc1. The van der Waals surface area contributed by atoms with Gasteiger partial charge in [0.1, 0.15) is 18.1 Å². The van der Waals surface area contributed by atoms with Crippen molar-refractivity contribution in [1.29, 1.82) is 0 Å². The number of carbonyl (C=O) groups excluding carboxylic acids is 1. The van der Waals surface area contributed by atoms with Gasteiger partial charge in [0, 0.05) is 12.1 Å². The van der Waals surface area contributed by atoms with Gasteiger partial charge in [0.25, 0.3) is 0 Å². The third kappa shape index (κ3) is 5.10. The molecule has 2 aromatic carbocycles. The number of hydrogen-bond donors (Lipinski definition) is 3. The van der Waals surface area contributed by atoms with E-state index in [0.29, 0.717) is 17.9 Å². The highest BCUT2D eigenvalue weighted by Crippen LogP contribution is 2.11. The lowest BCUT2D eigenvalue weighted by Crippen LogP contribution is -2.23. The maximum atomic E-state index is 10.9.